The number of hydrogen-bond donors (Lipinski definition) is 0. The third kappa shape index (κ3) is 3.40. The van der Waals surface area contributed by atoms with E-state index in [2.05, 4.69) is 15.0 Å². The number of hydrogen-bond acceptors (Lipinski definition) is 5. The van der Waals surface area contributed by atoms with E-state index in [0.29, 0.717) is 27.9 Å². The van der Waals surface area contributed by atoms with Crippen LogP contribution in [0.1, 0.15) is 19.5 Å². The Morgan fingerprint density at radius 1 is 1.10 bits per heavy atom. The van der Waals surface area contributed by atoms with Gasteiger partial charge in [0.05, 0.1) is 45.2 Å². The molecule has 0 N–H and O–H groups in total. The summed E-state index contributed by atoms with van der Waals surface area (Å²) in [7, 11) is -0.0921. The van der Waals surface area contributed by atoms with Gasteiger partial charge in [0.1, 0.15) is 11.5 Å². The summed E-state index contributed by atoms with van der Waals surface area (Å²) in [6.07, 6.45) is 4.97. The molecule has 162 valence electrons. The summed E-state index contributed by atoms with van der Waals surface area (Å²) in [4.78, 5) is 12.8. The van der Waals surface area contributed by atoms with Crippen molar-refractivity contribution >= 4 is 31.9 Å². The number of aromatic nitrogens is 5. The van der Waals surface area contributed by atoms with Gasteiger partial charge in [0, 0.05) is 19.7 Å². The molecule has 0 radical (unpaired) electrons. The van der Waals surface area contributed by atoms with Crippen molar-refractivity contribution in [2.75, 3.05) is 5.75 Å². The SMILES string of the molecule is C/C=C/C(F)(F)c1cc2nc(-c3cc4c(cc3S(=O)(=O)CC)ncn4C)n(C)c2cn1. The maximum atomic E-state index is 14.3. The largest absolute Gasteiger partial charge is 0.334 e. The van der Waals surface area contributed by atoms with Crippen molar-refractivity contribution in [3.05, 3.63) is 48.6 Å². The molecule has 4 aromatic rings. The Morgan fingerprint density at radius 3 is 2.52 bits per heavy atom. The van der Waals surface area contributed by atoms with Crippen LogP contribution >= 0.6 is 0 Å². The highest BCUT2D eigenvalue weighted by atomic mass is 32.2. The van der Waals surface area contributed by atoms with Crippen molar-refractivity contribution in [1.29, 1.82) is 0 Å². The molecule has 10 heteroatoms. The van der Waals surface area contributed by atoms with Gasteiger partial charge in [0.25, 0.3) is 0 Å². The number of pyridine rings is 1. The lowest BCUT2D eigenvalue weighted by molar-refractivity contribution is 0.0472. The minimum atomic E-state index is -3.60. The van der Waals surface area contributed by atoms with Crippen LogP contribution in [0.2, 0.25) is 0 Å². The molecule has 3 aromatic heterocycles. The van der Waals surface area contributed by atoms with E-state index < -0.39 is 21.5 Å². The topological polar surface area (TPSA) is 82.7 Å². The van der Waals surface area contributed by atoms with E-state index in [9.17, 15) is 17.2 Å². The summed E-state index contributed by atoms with van der Waals surface area (Å²) in [5.74, 6) is -2.98. The Bertz CT molecular complexity index is 1450. The number of alkyl halides is 2. The van der Waals surface area contributed by atoms with Crippen LogP contribution < -0.4 is 0 Å². The Hall–Kier alpha value is -3.14. The van der Waals surface area contributed by atoms with Gasteiger partial charge in [-0.2, -0.15) is 8.78 Å². The third-order valence-corrected chi connectivity index (χ3v) is 7.04. The van der Waals surface area contributed by atoms with Crippen molar-refractivity contribution in [2.45, 2.75) is 24.7 Å². The minimum Gasteiger partial charge on any atom is -0.334 e. The maximum Gasteiger partial charge on any atom is 0.308 e. The lowest BCUT2D eigenvalue weighted by atomic mass is 10.2. The van der Waals surface area contributed by atoms with Crippen molar-refractivity contribution < 1.29 is 17.2 Å². The Morgan fingerprint density at radius 2 is 1.84 bits per heavy atom. The molecule has 1 aromatic carbocycles. The fraction of sp³-hybridized carbons (Fsp3) is 0.286. The predicted molar refractivity (Wildman–Crippen MR) is 115 cm³/mol. The lowest BCUT2D eigenvalue weighted by Gasteiger charge is -2.11. The van der Waals surface area contributed by atoms with Gasteiger partial charge in [-0.3, -0.25) is 4.98 Å². The van der Waals surface area contributed by atoms with Gasteiger partial charge in [0.15, 0.2) is 9.84 Å². The van der Waals surface area contributed by atoms with E-state index in [1.54, 1.807) is 35.5 Å². The molecular weight excluding hydrogens is 424 g/mol. The molecule has 0 aliphatic carbocycles. The first-order valence-electron chi connectivity index (χ1n) is 9.62. The number of imidazole rings is 2. The molecule has 31 heavy (non-hydrogen) atoms. The van der Waals surface area contributed by atoms with E-state index >= 15 is 0 Å². The van der Waals surface area contributed by atoms with Crippen LogP contribution in [0.5, 0.6) is 0 Å². The summed E-state index contributed by atoms with van der Waals surface area (Å²) in [5, 5.41) is 0. The molecule has 0 aliphatic rings. The monoisotopic (exact) mass is 445 g/mol. The number of sulfone groups is 1. The van der Waals surface area contributed by atoms with Crippen LogP contribution in [0, 0.1) is 0 Å². The normalized spacial score (nSPS) is 13.1. The first kappa shape index (κ1) is 21.1. The number of nitrogens with zero attached hydrogens (tertiary/aromatic N) is 5. The number of aryl methyl sites for hydroxylation is 2. The molecule has 4 rings (SSSR count). The fourth-order valence-electron chi connectivity index (χ4n) is 3.55. The quantitative estimate of drug-likeness (QED) is 0.434. The van der Waals surface area contributed by atoms with Gasteiger partial charge in [-0.25, -0.2) is 18.4 Å². The average molecular weight is 445 g/mol. The second-order valence-corrected chi connectivity index (χ2v) is 9.52. The summed E-state index contributed by atoms with van der Waals surface area (Å²) in [6.45, 7) is 3.08. The Labute approximate surface area is 178 Å². The van der Waals surface area contributed by atoms with Crippen molar-refractivity contribution in [3.8, 4) is 11.4 Å². The van der Waals surface area contributed by atoms with E-state index in [1.807, 2.05) is 7.05 Å². The number of fused-ring (bicyclic) bond motifs is 2. The van der Waals surface area contributed by atoms with Gasteiger partial charge in [-0.1, -0.05) is 13.0 Å². The van der Waals surface area contributed by atoms with E-state index in [0.717, 1.165) is 11.6 Å². The average Bonchev–Trinajstić information content (AvgIpc) is 3.26. The van der Waals surface area contributed by atoms with Crippen LogP contribution in [-0.2, 0) is 29.9 Å². The summed E-state index contributed by atoms with van der Waals surface area (Å²) in [5.41, 5.74) is 2.06. The van der Waals surface area contributed by atoms with E-state index in [1.165, 1.54) is 31.3 Å². The molecule has 0 aliphatic heterocycles. The van der Waals surface area contributed by atoms with E-state index in [-0.39, 0.29) is 10.6 Å². The van der Waals surface area contributed by atoms with Crippen molar-refractivity contribution in [1.82, 2.24) is 24.1 Å². The van der Waals surface area contributed by atoms with Gasteiger partial charge in [-0.05, 0) is 31.2 Å². The second-order valence-electron chi connectivity index (χ2n) is 7.27. The highest BCUT2D eigenvalue weighted by molar-refractivity contribution is 7.91. The summed E-state index contributed by atoms with van der Waals surface area (Å²) < 4.78 is 57.7. The molecular formula is C21H21F2N5O2S. The second kappa shape index (κ2) is 7.23. The zero-order valence-corrected chi connectivity index (χ0v) is 18.3. The van der Waals surface area contributed by atoms with Crippen molar-refractivity contribution in [2.24, 2.45) is 14.1 Å². The van der Waals surface area contributed by atoms with Crippen LogP contribution in [0.25, 0.3) is 33.5 Å². The first-order chi connectivity index (χ1) is 14.6. The maximum absolute atomic E-state index is 14.3. The van der Waals surface area contributed by atoms with Crippen molar-refractivity contribution in [3.63, 3.8) is 0 Å². The molecule has 0 fully saturated rings. The Kier molecular flexibility index (Phi) is 4.92. The molecule has 0 atom stereocenters. The highest BCUT2D eigenvalue weighted by Gasteiger charge is 2.30. The number of allylic oxidation sites excluding steroid dienone is 2. The van der Waals surface area contributed by atoms with Crippen LogP contribution in [0.4, 0.5) is 8.78 Å². The molecule has 7 nitrogen and oxygen atoms in total. The molecule has 3 heterocycles. The highest BCUT2D eigenvalue weighted by Crippen LogP contribution is 2.35. The third-order valence-electron chi connectivity index (χ3n) is 5.27. The summed E-state index contributed by atoms with van der Waals surface area (Å²) >= 11 is 0. The predicted octanol–water partition coefficient (Wildman–Crippen LogP) is 3.98. The number of halogens is 2. The molecule has 0 saturated carbocycles. The van der Waals surface area contributed by atoms with Crippen LogP contribution in [0.15, 0.2) is 47.8 Å². The number of rotatable bonds is 5. The summed E-state index contributed by atoms with van der Waals surface area (Å²) in [6, 6.07) is 4.48. The van der Waals surface area contributed by atoms with Gasteiger partial charge < -0.3 is 9.13 Å². The lowest BCUT2D eigenvalue weighted by Crippen LogP contribution is -2.11. The van der Waals surface area contributed by atoms with Gasteiger partial charge in [0.2, 0.25) is 0 Å². The Balaban J connectivity index is 2.01. The number of benzene rings is 1. The molecule has 0 amide bonds. The van der Waals surface area contributed by atoms with Crippen LogP contribution in [-0.4, -0.2) is 38.3 Å². The first-order valence-corrected chi connectivity index (χ1v) is 11.3. The van der Waals surface area contributed by atoms with Gasteiger partial charge in [-0.15, -0.1) is 0 Å². The molecule has 0 unspecified atom stereocenters. The smallest absolute Gasteiger partial charge is 0.308 e. The van der Waals surface area contributed by atoms with Gasteiger partial charge >= 0.3 is 5.92 Å². The van der Waals surface area contributed by atoms with Crippen LogP contribution in [0.3, 0.4) is 0 Å². The molecule has 0 saturated heterocycles. The molecule has 0 spiro atoms. The molecule has 0 bridgehead atoms. The van der Waals surface area contributed by atoms with E-state index in [4.69, 9.17) is 0 Å². The zero-order valence-electron chi connectivity index (χ0n) is 17.5. The zero-order chi connectivity index (χ0) is 22.6. The fourth-order valence-corrected chi connectivity index (χ4v) is 4.64. The minimum absolute atomic E-state index is 0.0937. The standard InChI is InChI=1S/C21H21F2N5O2S/c1-5-7-21(22,23)19-10-15-17(11-24-19)28(4)20(26-15)13-8-16-14(25-12-27(16)3)9-18(13)31(29,30)6-2/h5,7-12H,6H2,1-4H3/b7-5+.